The SMILES string of the molecule is CC(C)CCN(C1CCCC1)C(CN)CC(C)(C)C. The van der Waals surface area contributed by atoms with Crippen LogP contribution in [0.15, 0.2) is 0 Å². The summed E-state index contributed by atoms with van der Waals surface area (Å²) in [5.74, 6) is 0.789. The van der Waals surface area contributed by atoms with E-state index in [0.29, 0.717) is 11.5 Å². The molecule has 0 spiro atoms. The first-order valence-corrected chi connectivity index (χ1v) is 8.29. The van der Waals surface area contributed by atoms with E-state index in [-0.39, 0.29) is 0 Å². The summed E-state index contributed by atoms with van der Waals surface area (Å²) in [4.78, 5) is 2.76. The van der Waals surface area contributed by atoms with Crippen LogP contribution in [0, 0.1) is 11.3 Å². The zero-order chi connectivity index (χ0) is 14.5. The van der Waals surface area contributed by atoms with Crippen molar-refractivity contribution in [2.24, 2.45) is 17.1 Å². The van der Waals surface area contributed by atoms with E-state index in [1.165, 1.54) is 45.1 Å². The van der Waals surface area contributed by atoms with E-state index in [0.717, 1.165) is 18.5 Å². The van der Waals surface area contributed by atoms with Gasteiger partial charge in [0, 0.05) is 18.6 Å². The van der Waals surface area contributed by atoms with Gasteiger partial charge in [-0.1, -0.05) is 47.5 Å². The van der Waals surface area contributed by atoms with E-state index in [1.54, 1.807) is 0 Å². The van der Waals surface area contributed by atoms with Crippen molar-refractivity contribution in [2.45, 2.75) is 85.2 Å². The van der Waals surface area contributed by atoms with Crippen molar-refractivity contribution in [3.63, 3.8) is 0 Å². The second-order valence-electron chi connectivity index (χ2n) is 8.01. The normalized spacial score (nSPS) is 19.6. The molecule has 2 N–H and O–H groups in total. The summed E-state index contributed by atoms with van der Waals surface area (Å²) in [6, 6.07) is 1.37. The zero-order valence-electron chi connectivity index (χ0n) is 13.9. The Kier molecular flexibility index (Phi) is 6.82. The quantitative estimate of drug-likeness (QED) is 0.755. The summed E-state index contributed by atoms with van der Waals surface area (Å²) >= 11 is 0. The van der Waals surface area contributed by atoms with Gasteiger partial charge in [-0.05, 0) is 43.6 Å². The summed E-state index contributed by atoms with van der Waals surface area (Å²) in [6.07, 6.45) is 8.12. The minimum atomic E-state index is 0.374. The molecule has 2 heteroatoms. The molecule has 1 unspecified atom stereocenters. The van der Waals surface area contributed by atoms with Gasteiger partial charge in [0.15, 0.2) is 0 Å². The van der Waals surface area contributed by atoms with Gasteiger partial charge in [0.05, 0.1) is 0 Å². The van der Waals surface area contributed by atoms with Gasteiger partial charge in [-0.25, -0.2) is 0 Å². The van der Waals surface area contributed by atoms with Gasteiger partial charge in [-0.3, -0.25) is 4.90 Å². The summed E-state index contributed by atoms with van der Waals surface area (Å²) in [6.45, 7) is 13.7. The lowest BCUT2D eigenvalue weighted by Gasteiger charge is -2.39. The molecule has 1 aliphatic carbocycles. The van der Waals surface area contributed by atoms with Crippen LogP contribution in [0.25, 0.3) is 0 Å². The molecular formula is C17H36N2. The molecule has 1 atom stereocenters. The lowest BCUT2D eigenvalue weighted by Crippen LogP contribution is -2.48. The van der Waals surface area contributed by atoms with Gasteiger partial charge >= 0.3 is 0 Å². The first-order chi connectivity index (χ1) is 8.83. The lowest BCUT2D eigenvalue weighted by atomic mass is 9.86. The van der Waals surface area contributed by atoms with Crippen LogP contribution in [-0.4, -0.2) is 30.1 Å². The monoisotopic (exact) mass is 268 g/mol. The van der Waals surface area contributed by atoms with Crippen molar-refractivity contribution in [1.29, 1.82) is 0 Å². The minimum absolute atomic E-state index is 0.374. The predicted octanol–water partition coefficient (Wildman–Crippen LogP) is 4.04. The molecule has 19 heavy (non-hydrogen) atoms. The van der Waals surface area contributed by atoms with E-state index in [1.807, 2.05) is 0 Å². The molecule has 1 fully saturated rings. The Balaban J connectivity index is 2.67. The van der Waals surface area contributed by atoms with Crippen LogP contribution in [0.5, 0.6) is 0 Å². The molecule has 0 aromatic heterocycles. The van der Waals surface area contributed by atoms with E-state index >= 15 is 0 Å². The molecule has 0 radical (unpaired) electrons. The van der Waals surface area contributed by atoms with E-state index in [4.69, 9.17) is 5.73 Å². The Labute approximate surface area is 121 Å². The molecule has 0 aliphatic heterocycles. The van der Waals surface area contributed by atoms with Crippen LogP contribution in [0.3, 0.4) is 0 Å². The molecule has 0 amide bonds. The second kappa shape index (κ2) is 7.64. The Morgan fingerprint density at radius 3 is 2.16 bits per heavy atom. The highest BCUT2D eigenvalue weighted by atomic mass is 15.2. The highest BCUT2D eigenvalue weighted by Gasteiger charge is 2.30. The first kappa shape index (κ1) is 17.0. The van der Waals surface area contributed by atoms with Crippen LogP contribution in [0.4, 0.5) is 0 Å². The van der Waals surface area contributed by atoms with Crippen molar-refractivity contribution in [2.75, 3.05) is 13.1 Å². The van der Waals surface area contributed by atoms with Crippen molar-refractivity contribution >= 4 is 0 Å². The third-order valence-electron chi connectivity index (χ3n) is 4.35. The molecule has 0 aromatic rings. The number of hydrogen-bond donors (Lipinski definition) is 1. The van der Waals surface area contributed by atoms with Gasteiger partial charge in [-0.15, -0.1) is 0 Å². The Morgan fingerprint density at radius 1 is 1.16 bits per heavy atom. The van der Waals surface area contributed by atoms with Crippen molar-refractivity contribution in [3.8, 4) is 0 Å². The third kappa shape index (κ3) is 6.27. The molecule has 0 heterocycles. The minimum Gasteiger partial charge on any atom is -0.329 e. The second-order valence-corrected chi connectivity index (χ2v) is 8.01. The highest BCUT2D eigenvalue weighted by Crippen LogP contribution is 2.30. The molecule has 1 rings (SSSR count). The molecular weight excluding hydrogens is 232 g/mol. The Hall–Kier alpha value is -0.0800. The molecule has 1 saturated carbocycles. The van der Waals surface area contributed by atoms with Gasteiger partial charge < -0.3 is 5.73 Å². The third-order valence-corrected chi connectivity index (χ3v) is 4.35. The number of nitrogens with zero attached hydrogens (tertiary/aromatic N) is 1. The van der Waals surface area contributed by atoms with Gasteiger partial charge in [0.1, 0.15) is 0 Å². The Morgan fingerprint density at radius 2 is 1.74 bits per heavy atom. The Bertz CT molecular complexity index is 236. The van der Waals surface area contributed by atoms with Crippen LogP contribution < -0.4 is 5.73 Å². The fourth-order valence-electron chi connectivity index (χ4n) is 3.35. The van der Waals surface area contributed by atoms with Gasteiger partial charge in [-0.2, -0.15) is 0 Å². The molecule has 0 aromatic carbocycles. The van der Waals surface area contributed by atoms with E-state index in [9.17, 15) is 0 Å². The first-order valence-electron chi connectivity index (χ1n) is 8.29. The van der Waals surface area contributed by atoms with Gasteiger partial charge in [0.2, 0.25) is 0 Å². The molecule has 1 aliphatic rings. The van der Waals surface area contributed by atoms with Crippen molar-refractivity contribution in [1.82, 2.24) is 4.90 Å². The van der Waals surface area contributed by atoms with Gasteiger partial charge in [0.25, 0.3) is 0 Å². The number of rotatable bonds is 7. The van der Waals surface area contributed by atoms with Crippen LogP contribution in [0.2, 0.25) is 0 Å². The maximum Gasteiger partial charge on any atom is 0.0226 e. The average Bonchev–Trinajstić information content (AvgIpc) is 2.79. The summed E-state index contributed by atoms with van der Waals surface area (Å²) < 4.78 is 0. The maximum absolute atomic E-state index is 6.11. The fraction of sp³-hybridized carbons (Fsp3) is 1.00. The van der Waals surface area contributed by atoms with Crippen LogP contribution >= 0.6 is 0 Å². The van der Waals surface area contributed by atoms with E-state index in [2.05, 4.69) is 39.5 Å². The lowest BCUT2D eigenvalue weighted by molar-refractivity contribution is 0.100. The average molecular weight is 268 g/mol. The highest BCUT2D eigenvalue weighted by molar-refractivity contribution is 4.86. The van der Waals surface area contributed by atoms with Crippen LogP contribution in [-0.2, 0) is 0 Å². The fourth-order valence-corrected chi connectivity index (χ4v) is 3.35. The number of hydrogen-bond acceptors (Lipinski definition) is 2. The molecule has 0 saturated heterocycles. The maximum atomic E-state index is 6.11. The number of nitrogens with two attached hydrogens (primary N) is 1. The standard InChI is InChI=1S/C17H36N2/c1-14(2)10-11-19(15-8-6-7-9-15)16(13-18)12-17(3,4)5/h14-16H,6-13,18H2,1-5H3. The summed E-state index contributed by atoms with van der Waals surface area (Å²) in [7, 11) is 0. The smallest absolute Gasteiger partial charge is 0.0226 e. The van der Waals surface area contributed by atoms with E-state index < -0.39 is 0 Å². The largest absolute Gasteiger partial charge is 0.329 e. The van der Waals surface area contributed by atoms with Crippen LogP contribution in [0.1, 0.15) is 73.1 Å². The molecule has 114 valence electrons. The predicted molar refractivity (Wildman–Crippen MR) is 85.3 cm³/mol. The van der Waals surface area contributed by atoms with Crippen molar-refractivity contribution < 1.29 is 0 Å². The summed E-state index contributed by atoms with van der Waals surface area (Å²) in [5.41, 5.74) is 6.49. The summed E-state index contributed by atoms with van der Waals surface area (Å²) in [5, 5.41) is 0. The molecule has 0 bridgehead atoms. The molecule has 2 nitrogen and oxygen atoms in total. The van der Waals surface area contributed by atoms with Crippen molar-refractivity contribution in [3.05, 3.63) is 0 Å². The topological polar surface area (TPSA) is 29.3 Å². The zero-order valence-corrected chi connectivity index (χ0v) is 13.9.